The summed E-state index contributed by atoms with van der Waals surface area (Å²) in [5.41, 5.74) is 0. The summed E-state index contributed by atoms with van der Waals surface area (Å²) in [6, 6.07) is 0. The predicted octanol–water partition coefficient (Wildman–Crippen LogP) is -5.63. The van der Waals surface area contributed by atoms with Crippen molar-refractivity contribution in [3.63, 3.8) is 0 Å². The molecule has 4 N–H and O–H groups in total. The van der Waals surface area contributed by atoms with E-state index < -0.39 is 9.05 Å². The van der Waals surface area contributed by atoms with E-state index in [4.69, 9.17) is 19.2 Å². The van der Waals surface area contributed by atoms with Crippen molar-refractivity contribution < 1.29 is 19.2 Å². The van der Waals surface area contributed by atoms with Crippen LogP contribution in [0, 0.1) is 0 Å². The molecule has 8 heteroatoms. The molecule has 4 nitrogen and oxygen atoms in total. The van der Waals surface area contributed by atoms with Gasteiger partial charge in [0.1, 0.15) is 0 Å². The monoisotopic (exact) mass is 650 g/mol. The first-order valence-corrected chi connectivity index (χ1v) is 2.68. The summed E-state index contributed by atoms with van der Waals surface area (Å²) in [6.07, 6.45) is 0. The van der Waals surface area contributed by atoms with Gasteiger partial charge >= 0.3 is 86.2 Å². The fourth-order valence-corrected chi connectivity index (χ4v) is 0. The van der Waals surface area contributed by atoms with Crippen molar-refractivity contribution in [3.8, 4) is 0 Å². The Kier molecular flexibility index (Phi) is 27.1. The number of hydrogen-bond acceptors (Lipinski definition) is 4. The van der Waals surface area contributed by atoms with Crippen molar-refractivity contribution in [2.24, 2.45) is 0 Å². The van der Waals surface area contributed by atoms with E-state index in [-0.39, 0.29) is 77.2 Å². The zero-order valence-electron chi connectivity index (χ0n) is 4.20. The average molecular weight is 647 g/mol. The third kappa shape index (κ3) is 72.0. The van der Waals surface area contributed by atoms with Crippen molar-refractivity contribution >= 4 is 86.2 Å². The van der Waals surface area contributed by atoms with E-state index in [1.165, 1.54) is 0 Å². The molecule has 0 aliphatic carbocycles. The van der Waals surface area contributed by atoms with Crippen LogP contribution in [0.2, 0.25) is 0 Å². The van der Waals surface area contributed by atoms with Crippen LogP contribution in [0.1, 0.15) is 0 Å². The van der Waals surface area contributed by atoms with E-state index in [1.807, 2.05) is 0 Å². The maximum atomic E-state index is 7.33. The Bertz CT molecular complexity index is 31.5. The van der Waals surface area contributed by atoms with Gasteiger partial charge in [-0.15, -0.1) is 0 Å². The summed E-state index contributed by atoms with van der Waals surface area (Å²) >= 11 is 0. The van der Waals surface area contributed by atoms with Gasteiger partial charge in [-0.2, -0.15) is 0 Å². The molecule has 8 heavy (non-hydrogen) atoms. The standard InChI is InChI=1S/Bi.H4O4Si.Pb.H2Te.5H/c;1-5(2,3)4;;;;;;;/h;1-4H;;1H2;;;;;. The van der Waals surface area contributed by atoms with Crippen molar-refractivity contribution in [3.05, 3.63) is 0 Å². The van der Waals surface area contributed by atoms with Gasteiger partial charge in [-0.25, -0.2) is 0 Å². The zero-order valence-corrected chi connectivity index (χ0v) is 19.1. The maximum absolute atomic E-state index is 7.33. The second kappa shape index (κ2) is 9.65. The molecule has 0 aromatic heterocycles. The van der Waals surface area contributed by atoms with E-state index in [0.717, 1.165) is 0 Å². The Balaban J connectivity index is -0.0000000267. The zero-order chi connectivity index (χ0) is 4.50. The predicted molar refractivity (Wildman–Crippen MR) is 41.7 cm³/mol. The molecular weight excluding hydrogens is 636 g/mol. The van der Waals surface area contributed by atoms with Crippen LogP contribution in [0.25, 0.3) is 0 Å². The van der Waals surface area contributed by atoms with E-state index in [9.17, 15) is 0 Å². The summed E-state index contributed by atoms with van der Waals surface area (Å²) in [4.78, 5) is 29.3. The van der Waals surface area contributed by atoms with Gasteiger partial charge in [0.2, 0.25) is 0 Å². The third-order valence-electron chi connectivity index (χ3n) is 0. The molecule has 0 amide bonds. The van der Waals surface area contributed by atoms with Crippen LogP contribution < -0.4 is 0 Å². The summed E-state index contributed by atoms with van der Waals surface area (Å²) in [5.74, 6) is 0. The topological polar surface area (TPSA) is 80.9 Å². The van der Waals surface area contributed by atoms with Crippen LogP contribution in [0.3, 0.4) is 0 Å². The average Bonchev–Trinajstić information content (AvgIpc) is 0.722. The Hall–Kier alpha value is 2.65. The molecule has 0 aliphatic rings. The molecule has 0 spiro atoms. The molecule has 0 fully saturated rings. The first-order valence-electron chi connectivity index (χ1n) is 0.894. The van der Waals surface area contributed by atoms with Gasteiger partial charge in [0.15, 0.2) is 0 Å². The first kappa shape index (κ1) is 22.4. The van der Waals surface area contributed by atoms with E-state index in [2.05, 4.69) is 0 Å². The molecule has 0 heterocycles. The van der Waals surface area contributed by atoms with Crippen LogP contribution in [-0.2, 0) is 0 Å². The van der Waals surface area contributed by atoms with Gasteiger partial charge in [0.05, 0.1) is 0 Å². The van der Waals surface area contributed by atoms with Gasteiger partial charge in [-0.1, -0.05) is 0 Å². The number of hydrogen-bond donors (Lipinski definition) is 4. The van der Waals surface area contributed by atoms with Gasteiger partial charge in [0, 0.05) is 0 Å². The number of rotatable bonds is 0. The molecular formula is H11BiO4PbSiTe. The molecule has 0 aliphatic heterocycles. The van der Waals surface area contributed by atoms with Crippen LogP contribution in [0.15, 0.2) is 0 Å². The molecule has 2 radical (unpaired) electrons. The van der Waals surface area contributed by atoms with Crippen molar-refractivity contribution in [2.45, 2.75) is 0 Å². The van der Waals surface area contributed by atoms with Crippen LogP contribution >= 0.6 is 0 Å². The fourth-order valence-electron chi connectivity index (χ4n) is 0. The Labute approximate surface area is 104 Å². The molecule has 0 aromatic rings. The van der Waals surface area contributed by atoms with E-state index in [0.29, 0.717) is 0 Å². The van der Waals surface area contributed by atoms with Crippen LogP contribution in [0.4, 0.5) is 0 Å². The molecule has 0 aromatic carbocycles. The molecule has 0 bridgehead atoms. The molecule has 0 saturated heterocycles. The van der Waals surface area contributed by atoms with Crippen molar-refractivity contribution in [1.82, 2.24) is 0 Å². The first-order chi connectivity index (χ1) is 2.00. The second-order valence-electron chi connectivity index (χ2n) is 0.600. The minimum atomic E-state index is -4.61. The van der Waals surface area contributed by atoms with Crippen LogP contribution in [-0.4, -0.2) is 105 Å². The van der Waals surface area contributed by atoms with Gasteiger partial charge in [-0.05, 0) is 0 Å². The Morgan fingerprint density at radius 3 is 0.875 bits per heavy atom. The Morgan fingerprint density at radius 2 is 0.875 bits per heavy atom. The molecule has 0 atom stereocenters. The molecule has 0 unspecified atom stereocenters. The normalized spacial score (nSPS) is 7.50. The fraction of sp³-hybridized carbons (Fsp3) is 0. The summed E-state index contributed by atoms with van der Waals surface area (Å²) in [5, 5.41) is 0. The van der Waals surface area contributed by atoms with Crippen molar-refractivity contribution in [2.75, 3.05) is 0 Å². The molecule has 54 valence electrons. The van der Waals surface area contributed by atoms with E-state index in [1.54, 1.807) is 0 Å². The quantitative estimate of drug-likeness (QED) is 0.198. The van der Waals surface area contributed by atoms with E-state index >= 15 is 0 Å². The second-order valence-corrected chi connectivity index (χ2v) is 1.80. The van der Waals surface area contributed by atoms with Crippen molar-refractivity contribution in [1.29, 1.82) is 0 Å². The third-order valence-corrected chi connectivity index (χ3v) is 0. The van der Waals surface area contributed by atoms with Gasteiger partial charge in [-0.3, -0.25) is 0 Å². The summed E-state index contributed by atoms with van der Waals surface area (Å²) < 4.78 is 0. The summed E-state index contributed by atoms with van der Waals surface area (Å²) in [6.45, 7) is 0. The van der Waals surface area contributed by atoms with Crippen LogP contribution in [0.5, 0.6) is 0 Å². The molecule has 0 rings (SSSR count). The summed E-state index contributed by atoms with van der Waals surface area (Å²) in [7, 11) is -4.61. The van der Waals surface area contributed by atoms with Gasteiger partial charge in [0.25, 0.3) is 0 Å². The SMILES string of the molecule is O[Si](O)(O)O.[BiH3].[PbH2].[TeH2]. The Morgan fingerprint density at radius 1 is 0.875 bits per heavy atom. The van der Waals surface area contributed by atoms with Gasteiger partial charge < -0.3 is 19.2 Å². The molecule has 0 saturated carbocycles. The minimum absolute atomic E-state index is 0.